The summed E-state index contributed by atoms with van der Waals surface area (Å²) in [4.78, 5) is 15.2. The molecule has 2 heterocycles. The summed E-state index contributed by atoms with van der Waals surface area (Å²) in [5.41, 5.74) is 0.953. The van der Waals surface area contributed by atoms with E-state index in [1.807, 2.05) is 25.1 Å². The molecule has 1 aliphatic rings. The topological polar surface area (TPSA) is 51.2 Å². The second-order valence-electron chi connectivity index (χ2n) is 4.14. The molecule has 0 spiro atoms. The van der Waals surface area contributed by atoms with Crippen LogP contribution in [-0.4, -0.2) is 24.0 Å². The second-order valence-corrected chi connectivity index (χ2v) is 4.14. The molecular formula is C12H16N2O2. The van der Waals surface area contributed by atoms with Gasteiger partial charge in [-0.25, -0.2) is 4.98 Å². The SMILES string of the molecule is Cc1cccc(OCC2CCC(=O)NC2)n1. The van der Waals surface area contributed by atoms with Gasteiger partial charge < -0.3 is 10.1 Å². The zero-order chi connectivity index (χ0) is 11.4. The molecule has 1 amide bonds. The molecule has 4 nitrogen and oxygen atoms in total. The van der Waals surface area contributed by atoms with Gasteiger partial charge in [0, 0.05) is 30.6 Å². The Hall–Kier alpha value is -1.58. The fraction of sp³-hybridized carbons (Fsp3) is 0.500. The first-order chi connectivity index (χ1) is 7.74. The van der Waals surface area contributed by atoms with Crippen LogP contribution in [-0.2, 0) is 4.79 Å². The van der Waals surface area contributed by atoms with Crippen molar-refractivity contribution >= 4 is 5.91 Å². The molecule has 16 heavy (non-hydrogen) atoms. The molecule has 1 N–H and O–H groups in total. The number of hydrogen-bond donors (Lipinski definition) is 1. The predicted molar refractivity (Wildman–Crippen MR) is 60.2 cm³/mol. The van der Waals surface area contributed by atoms with E-state index in [0.29, 0.717) is 31.4 Å². The highest BCUT2D eigenvalue weighted by Gasteiger charge is 2.18. The molecule has 0 saturated carbocycles. The van der Waals surface area contributed by atoms with E-state index in [-0.39, 0.29) is 5.91 Å². The second kappa shape index (κ2) is 4.96. The Kier molecular flexibility index (Phi) is 3.39. The highest BCUT2D eigenvalue weighted by Crippen LogP contribution is 2.13. The minimum Gasteiger partial charge on any atom is -0.477 e. The van der Waals surface area contributed by atoms with Crippen LogP contribution >= 0.6 is 0 Å². The smallest absolute Gasteiger partial charge is 0.220 e. The molecular weight excluding hydrogens is 204 g/mol. The number of hydrogen-bond acceptors (Lipinski definition) is 3. The van der Waals surface area contributed by atoms with Gasteiger partial charge in [0.1, 0.15) is 0 Å². The number of pyridine rings is 1. The Bertz CT molecular complexity index is 369. The van der Waals surface area contributed by atoms with Gasteiger partial charge in [0.25, 0.3) is 0 Å². The van der Waals surface area contributed by atoms with Crippen LogP contribution in [0.25, 0.3) is 0 Å². The van der Waals surface area contributed by atoms with Crippen LogP contribution in [0.4, 0.5) is 0 Å². The Morgan fingerprint density at radius 3 is 3.12 bits per heavy atom. The summed E-state index contributed by atoms with van der Waals surface area (Å²) in [7, 11) is 0. The number of nitrogens with one attached hydrogen (secondary N) is 1. The van der Waals surface area contributed by atoms with Crippen molar-refractivity contribution in [1.29, 1.82) is 0 Å². The monoisotopic (exact) mass is 220 g/mol. The van der Waals surface area contributed by atoms with E-state index in [0.717, 1.165) is 12.1 Å². The summed E-state index contributed by atoms with van der Waals surface area (Å²) in [6.45, 7) is 3.27. The molecule has 0 bridgehead atoms. The van der Waals surface area contributed by atoms with Crippen molar-refractivity contribution in [3.63, 3.8) is 0 Å². The molecule has 2 rings (SSSR count). The maximum absolute atomic E-state index is 11.0. The van der Waals surface area contributed by atoms with Gasteiger partial charge >= 0.3 is 0 Å². The van der Waals surface area contributed by atoms with E-state index < -0.39 is 0 Å². The number of rotatable bonds is 3. The minimum atomic E-state index is 0.143. The summed E-state index contributed by atoms with van der Waals surface area (Å²) >= 11 is 0. The lowest BCUT2D eigenvalue weighted by atomic mass is 10.0. The van der Waals surface area contributed by atoms with Gasteiger partial charge in [-0.3, -0.25) is 4.79 Å². The van der Waals surface area contributed by atoms with Crippen LogP contribution in [0.15, 0.2) is 18.2 Å². The van der Waals surface area contributed by atoms with Gasteiger partial charge in [0.15, 0.2) is 0 Å². The van der Waals surface area contributed by atoms with Crippen LogP contribution in [0.2, 0.25) is 0 Å². The molecule has 1 aromatic rings. The first-order valence-corrected chi connectivity index (χ1v) is 5.57. The molecule has 4 heteroatoms. The van der Waals surface area contributed by atoms with Crippen molar-refractivity contribution in [1.82, 2.24) is 10.3 Å². The Labute approximate surface area is 95.0 Å². The Morgan fingerprint density at radius 1 is 1.56 bits per heavy atom. The molecule has 0 radical (unpaired) electrons. The molecule has 86 valence electrons. The quantitative estimate of drug-likeness (QED) is 0.835. The summed E-state index contributed by atoms with van der Waals surface area (Å²) in [5.74, 6) is 1.21. The highest BCUT2D eigenvalue weighted by atomic mass is 16.5. The third kappa shape index (κ3) is 2.95. The zero-order valence-electron chi connectivity index (χ0n) is 9.40. The number of aromatic nitrogens is 1. The molecule has 1 atom stereocenters. The summed E-state index contributed by atoms with van der Waals surface area (Å²) < 4.78 is 5.60. The lowest BCUT2D eigenvalue weighted by molar-refractivity contribution is -0.123. The van der Waals surface area contributed by atoms with E-state index >= 15 is 0 Å². The molecule has 1 unspecified atom stereocenters. The standard InChI is InChI=1S/C12H16N2O2/c1-9-3-2-4-12(14-9)16-8-10-5-6-11(15)13-7-10/h2-4,10H,5-8H2,1H3,(H,13,15). The number of nitrogens with zero attached hydrogens (tertiary/aromatic N) is 1. The number of carbonyl (C=O) groups is 1. The minimum absolute atomic E-state index is 0.143. The summed E-state index contributed by atoms with van der Waals surface area (Å²) in [5, 5.41) is 2.84. The number of carbonyl (C=O) groups excluding carboxylic acids is 1. The van der Waals surface area contributed by atoms with Gasteiger partial charge in [-0.15, -0.1) is 0 Å². The van der Waals surface area contributed by atoms with E-state index in [1.165, 1.54) is 0 Å². The molecule has 1 aliphatic heterocycles. The number of piperidine rings is 1. The van der Waals surface area contributed by atoms with E-state index in [1.54, 1.807) is 0 Å². The number of amides is 1. The van der Waals surface area contributed by atoms with Gasteiger partial charge in [-0.05, 0) is 19.4 Å². The zero-order valence-corrected chi connectivity index (χ0v) is 9.40. The van der Waals surface area contributed by atoms with E-state index in [4.69, 9.17) is 4.74 Å². The van der Waals surface area contributed by atoms with Gasteiger partial charge in [-0.1, -0.05) is 6.07 Å². The van der Waals surface area contributed by atoms with Crippen molar-refractivity contribution in [3.05, 3.63) is 23.9 Å². The van der Waals surface area contributed by atoms with Gasteiger partial charge in [-0.2, -0.15) is 0 Å². The first kappa shape index (κ1) is 10.9. The maximum Gasteiger partial charge on any atom is 0.220 e. The van der Waals surface area contributed by atoms with Crippen LogP contribution < -0.4 is 10.1 Å². The van der Waals surface area contributed by atoms with Crippen LogP contribution in [0.3, 0.4) is 0 Å². The fourth-order valence-corrected chi connectivity index (χ4v) is 1.73. The lowest BCUT2D eigenvalue weighted by Gasteiger charge is -2.22. The Morgan fingerprint density at radius 2 is 2.44 bits per heavy atom. The largest absolute Gasteiger partial charge is 0.477 e. The van der Waals surface area contributed by atoms with Crippen molar-refractivity contribution < 1.29 is 9.53 Å². The predicted octanol–water partition coefficient (Wildman–Crippen LogP) is 1.30. The lowest BCUT2D eigenvalue weighted by Crippen LogP contribution is -2.37. The molecule has 1 fully saturated rings. The van der Waals surface area contributed by atoms with Gasteiger partial charge in [0.05, 0.1) is 6.61 Å². The van der Waals surface area contributed by atoms with Crippen LogP contribution in [0, 0.1) is 12.8 Å². The Balaban J connectivity index is 1.81. The average Bonchev–Trinajstić information content (AvgIpc) is 2.28. The maximum atomic E-state index is 11.0. The molecule has 1 saturated heterocycles. The number of aryl methyl sites for hydroxylation is 1. The third-order valence-electron chi connectivity index (χ3n) is 2.70. The van der Waals surface area contributed by atoms with Crippen molar-refractivity contribution in [2.45, 2.75) is 19.8 Å². The van der Waals surface area contributed by atoms with E-state index in [2.05, 4.69) is 10.3 Å². The van der Waals surface area contributed by atoms with E-state index in [9.17, 15) is 4.79 Å². The fourth-order valence-electron chi connectivity index (χ4n) is 1.73. The summed E-state index contributed by atoms with van der Waals surface area (Å²) in [6.07, 6.45) is 1.51. The van der Waals surface area contributed by atoms with Crippen LogP contribution in [0.5, 0.6) is 5.88 Å². The van der Waals surface area contributed by atoms with Crippen molar-refractivity contribution in [2.24, 2.45) is 5.92 Å². The molecule has 0 aromatic carbocycles. The van der Waals surface area contributed by atoms with Gasteiger partial charge in [0.2, 0.25) is 11.8 Å². The summed E-state index contributed by atoms with van der Waals surface area (Å²) in [6, 6.07) is 5.72. The average molecular weight is 220 g/mol. The van der Waals surface area contributed by atoms with Crippen molar-refractivity contribution in [2.75, 3.05) is 13.2 Å². The number of ether oxygens (including phenoxy) is 1. The first-order valence-electron chi connectivity index (χ1n) is 5.57. The molecule has 0 aliphatic carbocycles. The van der Waals surface area contributed by atoms with Crippen molar-refractivity contribution in [3.8, 4) is 5.88 Å². The highest BCUT2D eigenvalue weighted by molar-refractivity contribution is 5.76. The van der Waals surface area contributed by atoms with Crippen LogP contribution in [0.1, 0.15) is 18.5 Å². The third-order valence-corrected chi connectivity index (χ3v) is 2.70. The molecule has 1 aromatic heterocycles. The normalized spacial score (nSPS) is 20.3.